The summed E-state index contributed by atoms with van der Waals surface area (Å²) < 4.78 is 0. The van der Waals surface area contributed by atoms with Crippen molar-refractivity contribution in [3.8, 4) is 0 Å². The molecule has 18 heavy (non-hydrogen) atoms. The van der Waals surface area contributed by atoms with E-state index in [4.69, 9.17) is 5.11 Å². The summed E-state index contributed by atoms with van der Waals surface area (Å²) in [5.74, 6) is 0.480. The third-order valence-electron chi connectivity index (χ3n) is 3.02. The maximum Gasteiger partial charge on any atom is 0.269 e. The number of non-ortho nitro benzene ring substituents is 1. The fourth-order valence-corrected chi connectivity index (χ4v) is 1.79. The van der Waals surface area contributed by atoms with Gasteiger partial charge in [0.2, 0.25) is 0 Å². The van der Waals surface area contributed by atoms with E-state index < -0.39 is 4.92 Å². The molecule has 0 saturated heterocycles. The zero-order chi connectivity index (χ0) is 13.4. The second-order valence-electron chi connectivity index (χ2n) is 4.34. The second-order valence-corrected chi connectivity index (χ2v) is 4.34. The fourth-order valence-electron chi connectivity index (χ4n) is 1.79. The van der Waals surface area contributed by atoms with Gasteiger partial charge in [-0.1, -0.05) is 25.5 Å². The number of benzene rings is 1. The first-order valence-corrected chi connectivity index (χ1v) is 6.22. The Balaban J connectivity index is 2.37. The topological polar surface area (TPSA) is 75.4 Å². The van der Waals surface area contributed by atoms with Crippen LogP contribution in [0.25, 0.3) is 0 Å². The third kappa shape index (κ3) is 4.81. The number of nitrogens with one attached hydrogen (secondary N) is 1. The first kappa shape index (κ1) is 14.6. The summed E-state index contributed by atoms with van der Waals surface area (Å²) in [5.41, 5.74) is 1.14. The van der Waals surface area contributed by atoms with E-state index >= 15 is 0 Å². The standard InChI is InChI=1S/C13H20N2O3/c1-2-11(7-8-16)9-14-10-12-3-5-13(6-4-12)15(17)18/h3-6,11,14,16H,2,7-10H2,1H3. The molecule has 0 bridgehead atoms. The average molecular weight is 252 g/mol. The Morgan fingerprint density at radius 1 is 1.39 bits per heavy atom. The number of aliphatic hydroxyl groups is 1. The van der Waals surface area contributed by atoms with E-state index in [1.54, 1.807) is 12.1 Å². The van der Waals surface area contributed by atoms with E-state index in [9.17, 15) is 10.1 Å². The number of hydrogen-bond donors (Lipinski definition) is 2. The monoisotopic (exact) mass is 252 g/mol. The molecule has 0 aliphatic carbocycles. The number of nitro groups is 1. The largest absolute Gasteiger partial charge is 0.396 e. The quantitative estimate of drug-likeness (QED) is 0.548. The van der Waals surface area contributed by atoms with Crippen LogP contribution >= 0.6 is 0 Å². The van der Waals surface area contributed by atoms with Crippen molar-refractivity contribution in [1.29, 1.82) is 0 Å². The summed E-state index contributed by atoms with van der Waals surface area (Å²) in [5, 5.41) is 22.7. The van der Waals surface area contributed by atoms with E-state index in [1.807, 2.05) is 0 Å². The zero-order valence-electron chi connectivity index (χ0n) is 10.6. The molecule has 2 N–H and O–H groups in total. The van der Waals surface area contributed by atoms with E-state index in [1.165, 1.54) is 12.1 Å². The first-order valence-electron chi connectivity index (χ1n) is 6.22. The number of hydrogen-bond acceptors (Lipinski definition) is 4. The van der Waals surface area contributed by atoms with Gasteiger partial charge in [0.1, 0.15) is 0 Å². The first-order chi connectivity index (χ1) is 8.67. The number of aliphatic hydroxyl groups excluding tert-OH is 1. The Kier molecular flexibility index (Phi) is 6.32. The van der Waals surface area contributed by atoms with Crippen molar-refractivity contribution in [2.75, 3.05) is 13.2 Å². The van der Waals surface area contributed by atoms with Gasteiger partial charge in [-0.15, -0.1) is 0 Å². The molecule has 1 rings (SSSR count). The lowest BCUT2D eigenvalue weighted by atomic mass is 10.0. The summed E-state index contributed by atoms with van der Waals surface area (Å²) >= 11 is 0. The van der Waals surface area contributed by atoms with Gasteiger partial charge in [0.25, 0.3) is 5.69 Å². The van der Waals surface area contributed by atoms with Gasteiger partial charge in [-0.2, -0.15) is 0 Å². The van der Waals surface area contributed by atoms with Crippen molar-refractivity contribution in [3.05, 3.63) is 39.9 Å². The van der Waals surface area contributed by atoms with E-state index in [0.29, 0.717) is 12.5 Å². The van der Waals surface area contributed by atoms with Crippen molar-refractivity contribution in [1.82, 2.24) is 5.32 Å². The van der Waals surface area contributed by atoms with Gasteiger partial charge >= 0.3 is 0 Å². The fraction of sp³-hybridized carbons (Fsp3) is 0.538. The molecule has 0 fully saturated rings. The van der Waals surface area contributed by atoms with Crippen LogP contribution in [-0.4, -0.2) is 23.2 Å². The van der Waals surface area contributed by atoms with Crippen LogP contribution < -0.4 is 5.32 Å². The molecule has 0 aliphatic heterocycles. The van der Waals surface area contributed by atoms with Crippen molar-refractivity contribution in [3.63, 3.8) is 0 Å². The summed E-state index contributed by atoms with van der Waals surface area (Å²) in [7, 11) is 0. The molecule has 1 atom stereocenters. The van der Waals surface area contributed by atoms with Gasteiger partial charge in [-0.05, 0) is 24.4 Å². The summed E-state index contributed by atoms with van der Waals surface area (Å²) in [6, 6.07) is 6.56. The molecule has 0 aliphatic rings. The highest BCUT2D eigenvalue weighted by Crippen LogP contribution is 2.12. The van der Waals surface area contributed by atoms with Crippen molar-refractivity contribution in [2.24, 2.45) is 5.92 Å². The van der Waals surface area contributed by atoms with Gasteiger partial charge in [-0.25, -0.2) is 0 Å². The predicted octanol–water partition coefficient (Wildman–Crippen LogP) is 2.09. The SMILES string of the molecule is CCC(CCO)CNCc1ccc([N+](=O)[O-])cc1. The Hall–Kier alpha value is -1.46. The van der Waals surface area contributed by atoms with Gasteiger partial charge in [0, 0.05) is 25.3 Å². The van der Waals surface area contributed by atoms with Crippen LogP contribution in [0.2, 0.25) is 0 Å². The average Bonchev–Trinajstić information content (AvgIpc) is 2.38. The predicted molar refractivity (Wildman–Crippen MR) is 70.3 cm³/mol. The van der Waals surface area contributed by atoms with Crippen LogP contribution in [-0.2, 0) is 6.54 Å². The molecule has 1 unspecified atom stereocenters. The Bertz CT molecular complexity index is 365. The van der Waals surface area contributed by atoms with Gasteiger partial charge in [-0.3, -0.25) is 10.1 Å². The smallest absolute Gasteiger partial charge is 0.269 e. The van der Waals surface area contributed by atoms with Crippen LogP contribution in [0.1, 0.15) is 25.3 Å². The zero-order valence-corrected chi connectivity index (χ0v) is 10.6. The number of rotatable bonds is 8. The van der Waals surface area contributed by atoms with E-state index in [0.717, 1.165) is 24.9 Å². The van der Waals surface area contributed by atoms with Crippen LogP contribution in [0, 0.1) is 16.0 Å². The van der Waals surface area contributed by atoms with E-state index in [-0.39, 0.29) is 12.3 Å². The minimum absolute atomic E-state index is 0.116. The Morgan fingerprint density at radius 3 is 2.56 bits per heavy atom. The Morgan fingerprint density at radius 2 is 2.06 bits per heavy atom. The molecule has 1 aromatic carbocycles. The summed E-state index contributed by atoms with van der Waals surface area (Å²) in [6.07, 6.45) is 1.84. The minimum Gasteiger partial charge on any atom is -0.396 e. The van der Waals surface area contributed by atoms with Crippen molar-refractivity contribution in [2.45, 2.75) is 26.3 Å². The van der Waals surface area contributed by atoms with Gasteiger partial charge in [0.15, 0.2) is 0 Å². The lowest BCUT2D eigenvalue weighted by Gasteiger charge is -2.14. The maximum atomic E-state index is 10.5. The summed E-state index contributed by atoms with van der Waals surface area (Å²) in [4.78, 5) is 10.1. The lowest BCUT2D eigenvalue weighted by molar-refractivity contribution is -0.384. The number of nitro benzene ring substituents is 1. The molecule has 0 saturated carbocycles. The molecular formula is C13H20N2O3. The normalized spacial score (nSPS) is 12.3. The molecule has 0 spiro atoms. The molecule has 0 amide bonds. The minimum atomic E-state index is -0.397. The number of nitrogens with zero attached hydrogens (tertiary/aromatic N) is 1. The third-order valence-corrected chi connectivity index (χ3v) is 3.02. The van der Waals surface area contributed by atoms with Crippen LogP contribution in [0.4, 0.5) is 5.69 Å². The molecule has 5 nitrogen and oxygen atoms in total. The molecular weight excluding hydrogens is 232 g/mol. The Labute approximate surface area is 107 Å². The molecule has 0 radical (unpaired) electrons. The van der Waals surface area contributed by atoms with E-state index in [2.05, 4.69) is 12.2 Å². The maximum absolute atomic E-state index is 10.5. The highest BCUT2D eigenvalue weighted by molar-refractivity contribution is 5.32. The molecule has 0 aromatic heterocycles. The van der Waals surface area contributed by atoms with Crippen LogP contribution in [0.15, 0.2) is 24.3 Å². The van der Waals surface area contributed by atoms with Gasteiger partial charge < -0.3 is 10.4 Å². The lowest BCUT2D eigenvalue weighted by Crippen LogP contribution is -2.22. The second kappa shape index (κ2) is 7.79. The molecule has 5 heteroatoms. The van der Waals surface area contributed by atoms with Crippen molar-refractivity contribution < 1.29 is 10.0 Å². The molecule has 100 valence electrons. The molecule has 0 heterocycles. The van der Waals surface area contributed by atoms with Gasteiger partial charge in [0.05, 0.1) is 4.92 Å². The van der Waals surface area contributed by atoms with Crippen LogP contribution in [0.5, 0.6) is 0 Å². The highest BCUT2D eigenvalue weighted by atomic mass is 16.6. The highest BCUT2D eigenvalue weighted by Gasteiger charge is 2.06. The van der Waals surface area contributed by atoms with Crippen LogP contribution in [0.3, 0.4) is 0 Å². The summed E-state index contributed by atoms with van der Waals surface area (Å²) in [6.45, 7) is 3.87. The molecule has 1 aromatic rings. The van der Waals surface area contributed by atoms with Crippen molar-refractivity contribution >= 4 is 5.69 Å².